The largest absolute Gasteiger partial charge is 0.506 e. The van der Waals surface area contributed by atoms with Gasteiger partial charge in [-0.1, -0.05) is 51.1 Å². The second-order valence-electron chi connectivity index (χ2n) is 9.78. The van der Waals surface area contributed by atoms with Crippen molar-refractivity contribution in [1.29, 1.82) is 0 Å². The lowest BCUT2D eigenvalue weighted by Crippen LogP contribution is -2.29. The number of benzene rings is 3. The van der Waals surface area contributed by atoms with Crippen molar-refractivity contribution in [2.45, 2.75) is 32.2 Å². The summed E-state index contributed by atoms with van der Waals surface area (Å²) in [7, 11) is 4.48. The van der Waals surface area contributed by atoms with Crippen LogP contribution >= 0.6 is 0 Å². The third-order valence-electron chi connectivity index (χ3n) is 6.55. The summed E-state index contributed by atoms with van der Waals surface area (Å²) >= 11 is 0. The number of methoxy groups -OCH3 is 3. The lowest BCUT2D eigenvalue weighted by molar-refractivity contribution is -0.132. The Morgan fingerprint density at radius 2 is 1.38 bits per heavy atom. The van der Waals surface area contributed by atoms with Crippen molar-refractivity contribution < 1.29 is 28.9 Å². The molecule has 1 unspecified atom stereocenters. The quantitative estimate of drug-likeness (QED) is 0.267. The minimum atomic E-state index is -0.878. The summed E-state index contributed by atoms with van der Waals surface area (Å²) < 4.78 is 16.2. The van der Waals surface area contributed by atoms with Gasteiger partial charge in [-0.05, 0) is 52.9 Å². The van der Waals surface area contributed by atoms with E-state index in [0.29, 0.717) is 28.5 Å². The molecule has 37 heavy (non-hydrogen) atoms. The second-order valence-corrected chi connectivity index (χ2v) is 9.78. The van der Waals surface area contributed by atoms with E-state index >= 15 is 0 Å². The molecule has 1 atom stereocenters. The molecule has 0 radical (unpaired) electrons. The minimum absolute atomic E-state index is 0.0490. The zero-order chi connectivity index (χ0) is 26.9. The van der Waals surface area contributed by atoms with Crippen molar-refractivity contribution in [2.75, 3.05) is 26.2 Å². The fourth-order valence-electron chi connectivity index (χ4n) is 4.54. The molecule has 0 aliphatic carbocycles. The molecular formula is C30H31NO6. The molecule has 7 nitrogen and oxygen atoms in total. The van der Waals surface area contributed by atoms with Crippen molar-refractivity contribution in [3.05, 3.63) is 89.0 Å². The van der Waals surface area contributed by atoms with E-state index in [-0.39, 0.29) is 22.3 Å². The Labute approximate surface area is 216 Å². The summed E-state index contributed by atoms with van der Waals surface area (Å²) in [5.74, 6) is -0.668. The highest BCUT2D eigenvalue weighted by Crippen LogP contribution is 2.45. The SMILES string of the molecule is COc1ccc(N2C(=O)C(=O)/C(=C(/O)c3c(OC)cccc3OC)C2c2ccc(C(C)(C)C)cc2)cc1. The number of amides is 1. The van der Waals surface area contributed by atoms with Gasteiger partial charge in [0.25, 0.3) is 11.7 Å². The average Bonchev–Trinajstić information content (AvgIpc) is 3.17. The van der Waals surface area contributed by atoms with Gasteiger partial charge in [-0.2, -0.15) is 0 Å². The Bertz CT molecular complexity index is 1330. The Morgan fingerprint density at radius 1 is 0.811 bits per heavy atom. The molecule has 1 aliphatic heterocycles. The summed E-state index contributed by atoms with van der Waals surface area (Å²) in [5, 5.41) is 11.6. The number of carbonyl (C=O) groups excluding carboxylic acids is 2. The van der Waals surface area contributed by atoms with Gasteiger partial charge in [0.1, 0.15) is 28.6 Å². The van der Waals surface area contributed by atoms with Gasteiger partial charge in [0, 0.05) is 5.69 Å². The molecular weight excluding hydrogens is 470 g/mol. The van der Waals surface area contributed by atoms with E-state index in [1.165, 1.54) is 19.1 Å². The van der Waals surface area contributed by atoms with Crippen LogP contribution in [0.4, 0.5) is 5.69 Å². The molecule has 7 heteroatoms. The molecule has 3 aromatic carbocycles. The summed E-state index contributed by atoms with van der Waals surface area (Å²) in [6.07, 6.45) is 0. The van der Waals surface area contributed by atoms with Crippen LogP contribution < -0.4 is 19.1 Å². The van der Waals surface area contributed by atoms with E-state index in [2.05, 4.69) is 20.8 Å². The van der Waals surface area contributed by atoms with Crippen LogP contribution in [0.5, 0.6) is 17.2 Å². The highest BCUT2D eigenvalue weighted by Gasteiger charge is 2.47. The Morgan fingerprint density at radius 3 is 1.86 bits per heavy atom. The van der Waals surface area contributed by atoms with Gasteiger partial charge in [0.05, 0.1) is 32.9 Å². The maximum absolute atomic E-state index is 13.5. The van der Waals surface area contributed by atoms with Crippen LogP contribution in [0.2, 0.25) is 0 Å². The number of nitrogens with zero attached hydrogens (tertiary/aromatic N) is 1. The van der Waals surface area contributed by atoms with Crippen molar-refractivity contribution in [3.8, 4) is 17.2 Å². The molecule has 1 aliphatic rings. The van der Waals surface area contributed by atoms with Crippen LogP contribution in [0, 0.1) is 0 Å². The maximum Gasteiger partial charge on any atom is 0.300 e. The van der Waals surface area contributed by atoms with E-state index < -0.39 is 17.7 Å². The Hall–Kier alpha value is -4.26. The number of ether oxygens (including phenoxy) is 3. The van der Waals surface area contributed by atoms with Crippen LogP contribution in [0.25, 0.3) is 5.76 Å². The average molecular weight is 502 g/mol. The van der Waals surface area contributed by atoms with E-state index in [4.69, 9.17) is 14.2 Å². The zero-order valence-electron chi connectivity index (χ0n) is 21.9. The van der Waals surface area contributed by atoms with Gasteiger partial charge in [0.15, 0.2) is 0 Å². The van der Waals surface area contributed by atoms with Gasteiger partial charge >= 0.3 is 0 Å². The number of rotatable bonds is 6. The van der Waals surface area contributed by atoms with Crippen LogP contribution in [-0.2, 0) is 15.0 Å². The normalized spacial score (nSPS) is 17.1. The van der Waals surface area contributed by atoms with Crippen molar-refractivity contribution in [1.82, 2.24) is 0 Å². The fourth-order valence-corrected chi connectivity index (χ4v) is 4.54. The molecule has 1 saturated heterocycles. The van der Waals surface area contributed by atoms with Crippen LogP contribution in [-0.4, -0.2) is 38.1 Å². The molecule has 1 heterocycles. The van der Waals surface area contributed by atoms with Gasteiger partial charge < -0.3 is 19.3 Å². The zero-order valence-corrected chi connectivity index (χ0v) is 21.9. The first-order valence-electron chi connectivity index (χ1n) is 11.9. The molecule has 1 N–H and O–H groups in total. The molecule has 0 aromatic heterocycles. The molecule has 0 spiro atoms. The van der Waals surface area contributed by atoms with Crippen LogP contribution in [0.1, 0.15) is 43.5 Å². The predicted molar refractivity (Wildman–Crippen MR) is 142 cm³/mol. The minimum Gasteiger partial charge on any atom is -0.506 e. The molecule has 1 fully saturated rings. The third-order valence-corrected chi connectivity index (χ3v) is 6.55. The highest BCUT2D eigenvalue weighted by atomic mass is 16.5. The first kappa shape index (κ1) is 25.8. The number of carbonyl (C=O) groups is 2. The first-order valence-corrected chi connectivity index (χ1v) is 11.9. The van der Waals surface area contributed by atoms with Crippen LogP contribution in [0.3, 0.4) is 0 Å². The summed E-state index contributed by atoms with van der Waals surface area (Å²) in [5.41, 5.74) is 2.35. The van der Waals surface area contributed by atoms with Crippen LogP contribution in [0.15, 0.2) is 72.3 Å². The second kappa shape index (κ2) is 10.0. The van der Waals surface area contributed by atoms with E-state index in [9.17, 15) is 14.7 Å². The molecule has 1 amide bonds. The number of Topliss-reactive ketones (excluding diaryl/α,β-unsaturated/α-hetero) is 1. The smallest absolute Gasteiger partial charge is 0.300 e. The third kappa shape index (κ3) is 4.65. The number of hydrogen-bond acceptors (Lipinski definition) is 6. The summed E-state index contributed by atoms with van der Waals surface area (Å²) in [6.45, 7) is 6.33. The van der Waals surface area contributed by atoms with E-state index in [1.807, 2.05) is 24.3 Å². The van der Waals surface area contributed by atoms with Gasteiger partial charge in [-0.25, -0.2) is 0 Å². The Kier molecular flexibility index (Phi) is 6.99. The summed E-state index contributed by atoms with van der Waals surface area (Å²) in [4.78, 5) is 28.4. The Balaban J connectivity index is 1.98. The molecule has 4 rings (SSSR count). The predicted octanol–water partition coefficient (Wildman–Crippen LogP) is 5.64. The monoisotopic (exact) mass is 501 g/mol. The van der Waals surface area contributed by atoms with Crippen molar-refractivity contribution in [3.63, 3.8) is 0 Å². The molecule has 3 aromatic rings. The summed E-state index contributed by atoms with van der Waals surface area (Å²) in [6, 6.07) is 18.8. The molecule has 0 bridgehead atoms. The van der Waals surface area contributed by atoms with Crippen molar-refractivity contribution >= 4 is 23.1 Å². The van der Waals surface area contributed by atoms with Crippen molar-refractivity contribution in [2.24, 2.45) is 0 Å². The number of aliphatic hydroxyl groups is 1. The number of anilines is 1. The lowest BCUT2D eigenvalue weighted by Gasteiger charge is -2.27. The highest BCUT2D eigenvalue weighted by molar-refractivity contribution is 6.51. The number of ketones is 1. The van der Waals surface area contributed by atoms with Gasteiger partial charge in [-0.15, -0.1) is 0 Å². The lowest BCUT2D eigenvalue weighted by atomic mass is 9.85. The van der Waals surface area contributed by atoms with Gasteiger partial charge in [-0.3, -0.25) is 14.5 Å². The first-order chi connectivity index (χ1) is 17.6. The molecule has 192 valence electrons. The molecule has 0 saturated carbocycles. The topological polar surface area (TPSA) is 85.3 Å². The fraction of sp³-hybridized carbons (Fsp3) is 0.267. The van der Waals surface area contributed by atoms with E-state index in [1.54, 1.807) is 49.6 Å². The number of aliphatic hydroxyl groups excluding tert-OH is 1. The standard InChI is InChI=1S/C30H31NO6/c1-30(2,3)19-12-10-18(11-13-19)26-25(27(32)24-22(36-5)8-7-9-23(24)37-6)28(33)29(34)31(26)20-14-16-21(35-4)17-15-20/h7-17,26,32H,1-6H3/b27-25+. The number of hydrogen-bond donors (Lipinski definition) is 1. The van der Waals surface area contributed by atoms with Gasteiger partial charge in [0.2, 0.25) is 0 Å². The maximum atomic E-state index is 13.5. The van der Waals surface area contributed by atoms with E-state index in [0.717, 1.165) is 5.56 Å².